The number of carboxylic acids is 2. The van der Waals surface area contributed by atoms with Crippen molar-refractivity contribution in [3.05, 3.63) is 70.5 Å². The molecule has 0 saturated heterocycles. The molecule has 1 atom stereocenters. The first kappa shape index (κ1) is 17.1. The summed E-state index contributed by atoms with van der Waals surface area (Å²) in [6, 6.07) is 14.0. The number of hydrogen-bond acceptors (Lipinski definition) is 4. The molecule has 1 aliphatic heterocycles. The number of nitriles is 1. The van der Waals surface area contributed by atoms with E-state index in [2.05, 4.69) is 6.07 Å². The molecule has 24 heavy (non-hydrogen) atoms. The molecule has 0 unspecified atom stereocenters. The van der Waals surface area contributed by atoms with Crippen molar-refractivity contribution in [2.45, 2.75) is 12.7 Å². The Hall–Kier alpha value is -3.24. The average Bonchev–Trinajstić information content (AvgIpc) is 2.99. The summed E-state index contributed by atoms with van der Waals surface area (Å²) in [7, 11) is 0. The first-order valence-corrected chi connectivity index (χ1v) is 6.78. The van der Waals surface area contributed by atoms with Crippen LogP contribution in [0.5, 0.6) is 0 Å². The fourth-order valence-corrected chi connectivity index (χ4v) is 2.23. The number of rotatable bonds is 1. The molecule has 2 aromatic carbocycles. The number of carboxylic acid groups (broad SMARTS) is 2. The van der Waals surface area contributed by atoms with Gasteiger partial charge in [0.2, 0.25) is 0 Å². The van der Waals surface area contributed by atoms with Gasteiger partial charge in [-0.3, -0.25) is 0 Å². The summed E-state index contributed by atoms with van der Waals surface area (Å²) < 4.78 is 18.6. The lowest BCUT2D eigenvalue weighted by atomic mass is 9.98. The van der Waals surface area contributed by atoms with Gasteiger partial charge in [0.05, 0.1) is 18.2 Å². The van der Waals surface area contributed by atoms with Crippen LogP contribution in [0.2, 0.25) is 0 Å². The van der Waals surface area contributed by atoms with E-state index in [1.54, 1.807) is 18.2 Å². The third-order valence-corrected chi connectivity index (χ3v) is 3.32. The second kappa shape index (κ2) is 7.35. The summed E-state index contributed by atoms with van der Waals surface area (Å²) in [4.78, 5) is 18.2. The van der Waals surface area contributed by atoms with Gasteiger partial charge in [-0.05, 0) is 41.0 Å². The maximum atomic E-state index is 12.9. The minimum absolute atomic E-state index is 0.159. The monoisotopic (exact) mass is 329 g/mol. The average molecular weight is 329 g/mol. The van der Waals surface area contributed by atoms with Crippen LogP contribution in [0.25, 0.3) is 0 Å². The number of aliphatic carboxylic acids is 2. The SMILES string of the molecule is N#Cc1ccc2c(c1)CO[C@H]2c1ccc(F)cc1.O=C(O)C(=O)O. The number of fused-ring (bicyclic) bond motifs is 1. The van der Waals surface area contributed by atoms with Crippen molar-refractivity contribution in [2.24, 2.45) is 0 Å². The van der Waals surface area contributed by atoms with Crippen molar-refractivity contribution in [3.63, 3.8) is 0 Å². The Balaban J connectivity index is 0.000000301. The Morgan fingerprint density at radius 3 is 2.29 bits per heavy atom. The first-order valence-electron chi connectivity index (χ1n) is 6.78. The summed E-state index contributed by atoms with van der Waals surface area (Å²) in [5, 5.41) is 23.6. The van der Waals surface area contributed by atoms with E-state index in [0.717, 1.165) is 16.7 Å². The Labute approximate surface area is 136 Å². The van der Waals surface area contributed by atoms with Crippen molar-refractivity contribution in [1.29, 1.82) is 5.26 Å². The molecule has 2 aromatic rings. The van der Waals surface area contributed by atoms with Crippen LogP contribution in [0, 0.1) is 17.1 Å². The normalized spacial score (nSPS) is 14.8. The van der Waals surface area contributed by atoms with Gasteiger partial charge in [-0.2, -0.15) is 5.26 Å². The molecule has 0 bridgehead atoms. The molecule has 7 heteroatoms. The summed E-state index contributed by atoms with van der Waals surface area (Å²) in [5.41, 5.74) is 3.65. The van der Waals surface area contributed by atoms with Gasteiger partial charge in [-0.1, -0.05) is 18.2 Å². The molecule has 0 aromatic heterocycles. The molecule has 0 amide bonds. The minimum atomic E-state index is -1.82. The lowest BCUT2D eigenvalue weighted by molar-refractivity contribution is -0.159. The molecule has 6 nitrogen and oxygen atoms in total. The number of ether oxygens (including phenoxy) is 1. The summed E-state index contributed by atoms with van der Waals surface area (Å²) >= 11 is 0. The molecule has 0 saturated carbocycles. The topological polar surface area (TPSA) is 108 Å². The molecular weight excluding hydrogens is 317 g/mol. The van der Waals surface area contributed by atoms with Gasteiger partial charge in [0.1, 0.15) is 11.9 Å². The Bertz CT molecular complexity index is 799. The minimum Gasteiger partial charge on any atom is -0.473 e. The third kappa shape index (κ3) is 3.94. The zero-order valence-corrected chi connectivity index (χ0v) is 12.3. The molecule has 1 heterocycles. The highest BCUT2D eigenvalue weighted by molar-refractivity contribution is 6.27. The number of benzene rings is 2. The molecule has 0 aliphatic carbocycles. The molecule has 0 fully saturated rings. The highest BCUT2D eigenvalue weighted by atomic mass is 19.1. The number of hydrogen-bond donors (Lipinski definition) is 2. The van der Waals surface area contributed by atoms with E-state index >= 15 is 0 Å². The zero-order valence-electron chi connectivity index (χ0n) is 12.3. The number of halogens is 1. The first-order chi connectivity index (χ1) is 11.4. The third-order valence-electron chi connectivity index (χ3n) is 3.32. The van der Waals surface area contributed by atoms with E-state index in [0.29, 0.717) is 12.2 Å². The largest absolute Gasteiger partial charge is 0.473 e. The van der Waals surface area contributed by atoms with Crippen LogP contribution in [0.15, 0.2) is 42.5 Å². The molecule has 1 aliphatic rings. The maximum Gasteiger partial charge on any atom is 0.414 e. The number of nitrogens with zero attached hydrogens (tertiary/aromatic N) is 1. The van der Waals surface area contributed by atoms with Gasteiger partial charge < -0.3 is 14.9 Å². The van der Waals surface area contributed by atoms with E-state index < -0.39 is 11.9 Å². The van der Waals surface area contributed by atoms with Crippen LogP contribution in [0.4, 0.5) is 4.39 Å². The van der Waals surface area contributed by atoms with Gasteiger partial charge in [0.15, 0.2) is 0 Å². The van der Waals surface area contributed by atoms with Crippen molar-refractivity contribution in [2.75, 3.05) is 0 Å². The van der Waals surface area contributed by atoms with E-state index in [9.17, 15) is 4.39 Å². The summed E-state index contributed by atoms with van der Waals surface area (Å²) in [5.74, 6) is -3.90. The fraction of sp³-hybridized carbons (Fsp3) is 0.118. The van der Waals surface area contributed by atoms with Crippen LogP contribution < -0.4 is 0 Å². The van der Waals surface area contributed by atoms with Gasteiger partial charge >= 0.3 is 11.9 Å². The molecule has 0 radical (unpaired) electrons. The van der Waals surface area contributed by atoms with Crippen molar-refractivity contribution >= 4 is 11.9 Å². The lowest BCUT2D eigenvalue weighted by Crippen LogP contribution is -2.09. The van der Waals surface area contributed by atoms with Crippen LogP contribution in [0.1, 0.15) is 28.4 Å². The Morgan fingerprint density at radius 1 is 1.12 bits per heavy atom. The van der Waals surface area contributed by atoms with Crippen LogP contribution in [-0.2, 0) is 20.9 Å². The molecular formula is C17H12FNO5. The van der Waals surface area contributed by atoms with E-state index in [1.807, 2.05) is 12.1 Å². The molecule has 122 valence electrons. The van der Waals surface area contributed by atoms with Crippen molar-refractivity contribution in [1.82, 2.24) is 0 Å². The van der Waals surface area contributed by atoms with Crippen LogP contribution in [0.3, 0.4) is 0 Å². The second-order valence-electron chi connectivity index (χ2n) is 4.88. The quantitative estimate of drug-likeness (QED) is 0.778. The fourth-order valence-electron chi connectivity index (χ4n) is 2.23. The predicted octanol–water partition coefficient (Wildman–Crippen LogP) is 2.47. The van der Waals surface area contributed by atoms with Gasteiger partial charge in [0.25, 0.3) is 0 Å². The standard InChI is InChI=1S/C15H10FNO.C2H2O4/c16-13-4-2-11(3-5-13)15-14-6-1-10(8-17)7-12(14)9-18-15;3-1(4)2(5)6/h1-7,15H,9H2;(H,3,4)(H,5,6)/t15-;/m0./s1. The Kier molecular flexibility index (Phi) is 5.24. The molecule has 0 spiro atoms. The molecule has 2 N–H and O–H groups in total. The van der Waals surface area contributed by atoms with Crippen LogP contribution >= 0.6 is 0 Å². The van der Waals surface area contributed by atoms with Gasteiger partial charge in [-0.15, -0.1) is 0 Å². The summed E-state index contributed by atoms with van der Waals surface area (Å²) in [6.45, 7) is 0.493. The lowest BCUT2D eigenvalue weighted by Gasteiger charge is -2.11. The molecule has 3 rings (SSSR count). The van der Waals surface area contributed by atoms with E-state index in [4.69, 9.17) is 29.8 Å². The van der Waals surface area contributed by atoms with E-state index in [1.165, 1.54) is 12.1 Å². The van der Waals surface area contributed by atoms with Crippen LogP contribution in [-0.4, -0.2) is 22.2 Å². The van der Waals surface area contributed by atoms with E-state index in [-0.39, 0.29) is 11.9 Å². The predicted molar refractivity (Wildman–Crippen MR) is 79.5 cm³/mol. The van der Waals surface area contributed by atoms with Crippen molar-refractivity contribution < 1.29 is 28.9 Å². The van der Waals surface area contributed by atoms with Crippen molar-refractivity contribution in [3.8, 4) is 6.07 Å². The summed E-state index contributed by atoms with van der Waals surface area (Å²) in [6.07, 6.45) is -0.159. The smallest absolute Gasteiger partial charge is 0.414 e. The zero-order chi connectivity index (χ0) is 17.7. The van der Waals surface area contributed by atoms with Gasteiger partial charge in [-0.25, -0.2) is 14.0 Å². The van der Waals surface area contributed by atoms with Gasteiger partial charge in [0, 0.05) is 0 Å². The Morgan fingerprint density at radius 2 is 1.75 bits per heavy atom. The number of carbonyl (C=O) groups is 2. The highest BCUT2D eigenvalue weighted by Crippen LogP contribution is 2.36. The second-order valence-corrected chi connectivity index (χ2v) is 4.88. The highest BCUT2D eigenvalue weighted by Gasteiger charge is 2.24. The maximum absolute atomic E-state index is 12.9.